The Labute approximate surface area is 164 Å². The number of nitro benzene ring substituents is 1. The molecule has 1 aromatic heterocycles. The summed E-state index contributed by atoms with van der Waals surface area (Å²) >= 11 is 7.50. The van der Waals surface area contributed by atoms with Gasteiger partial charge in [0.25, 0.3) is 5.69 Å². The predicted molar refractivity (Wildman–Crippen MR) is 102 cm³/mol. The Morgan fingerprint density at radius 2 is 2.00 bits per heavy atom. The maximum atomic E-state index is 12.9. The maximum Gasteiger partial charge on any atom is 0.288 e. The Hall–Kier alpha value is -2.51. The second-order valence-corrected chi connectivity index (χ2v) is 8.10. The number of nitrogens with one attached hydrogen (secondary N) is 1. The standard InChI is InChI=1S/C19H15ClN2O4S/c20-13-4-3-10(7-15(13)22(25)26)12-9-18(24)21-14-6-11(8-16(23)19(12)14)17-2-1-5-27-17/h1-5,7,11-12H,6,8-9H2,(H,21,24)/t11-,12+/m0/s1. The zero-order chi connectivity index (χ0) is 19.1. The lowest BCUT2D eigenvalue weighted by molar-refractivity contribution is -0.384. The molecule has 0 unspecified atom stereocenters. The molecule has 1 amide bonds. The van der Waals surface area contributed by atoms with Crippen molar-refractivity contribution in [2.24, 2.45) is 0 Å². The molecule has 4 rings (SSSR count). The van der Waals surface area contributed by atoms with Gasteiger partial charge in [-0.15, -0.1) is 11.3 Å². The zero-order valence-corrected chi connectivity index (χ0v) is 15.7. The Kier molecular flexibility index (Phi) is 4.57. The molecule has 2 aromatic rings. The van der Waals surface area contributed by atoms with Gasteiger partial charge in [-0.1, -0.05) is 23.7 Å². The Morgan fingerprint density at radius 3 is 2.70 bits per heavy atom. The molecule has 138 valence electrons. The molecule has 0 bridgehead atoms. The number of hydrogen-bond acceptors (Lipinski definition) is 5. The number of ketones is 1. The third kappa shape index (κ3) is 3.28. The van der Waals surface area contributed by atoms with Crippen molar-refractivity contribution in [3.05, 3.63) is 72.6 Å². The van der Waals surface area contributed by atoms with Gasteiger partial charge in [-0.25, -0.2) is 0 Å². The number of amides is 1. The first-order valence-electron chi connectivity index (χ1n) is 8.47. The van der Waals surface area contributed by atoms with Crippen LogP contribution in [0.1, 0.15) is 41.5 Å². The van der Waals surface area contributed by atoms with E-state index in [0.29, 0.717) is 29.7 Å². The first kappa shape index (κ1) is 17.9. The highest BCUT2D eigenvalue weighted by atomic mass is 35.5. The summed E-state index contributed by atoms with van der Waals surface area (Å²) in [4.78, 5) is 37.0. The fraction of sp³-hybridized carbons (Fsp3) is 0.263. The van der Waals surface area contributed by atoms with Crippen LogP contribution in [0.5, 0.6) is 0 Å². The van der Waals surface area contributed by atoms with Crippen molar-refractivity contribution in [2.75, 3.05) is 0 Å². The highest BCUT2D eigenvalue weighted by Gasteiger charge is 2.38. The van der Waals surface area contributed by atoms with E-state index in [-0.39, 0.29) is 34.7 Å². The van der Waals surface area contributed by atoms with Gasteiger partial charge in [0.2, 0.25) is 5.91 Å². The van der Waals surface area contributed by atoms with Crippen molar-refractivity contribution in [2.45, 2.75) is 31.1 Å². The molecule has 8 heteroatoms. The molecule has 0 fully saturated rings. The van der Waals surface area contributed by atoms with Crippen LogP contribution >= 0.6 is 22.9 Å². The first-order valence-corrected chi connectivity index (χ1v) is 9.73. The van der Waals surface area contributed by atoms with E-state index >= 15 is 0 Å². The van der Waals surface area contributed by atoms with Gasteiger partial charge in [0.1, 0.15) is 5.02 Å². The van der Waals surface area contributed by atoms with Crippen molar-refractivity contribution in [3.8, 4) is 0 Å². The number of Topliss-reactive ketones (excluding diaryl/α,β-unsaturated/α-hetero) is 1. The third-order valence-corrected chi connectivity index (χ3v) is 6.41. The SMILES string of the molecule is O=C1C[C@H](c2ccc(Cl)c([N+](=O)[O-])c2)C2=C(C[C@H](c3cccs3)CC2=O)N1. The number of nitro groups is 1. The summed E-state index contributed by atoms with van der Waals surface area (Å²) in [5, 5.41) is 16.1. The number of benzene rings is 1. The maximum absolute atomic E-state index is 12.9. The minimum atomic E-state index is -0.556. The van der Waals surface area contributed by atoms with E-state index in [0.717, 1.165) is 4.88 Å². The number of nitrogens with zero attached hydrogens (tertiary/aromatic N) is 1. The summed E-state index contributed by atoms with van der Waals surface area (Å²) < 4.78 is 0. The lowest BCUT2D eigenvalue weighted by Gasteiger charge is -2.34. The molecule has 0 spiro atoms. The van der Waals surface area contributed by atoms with Crippen LogP contribution in [0.3, 0.4) is 0 Å². The number of allylic oxidation sites excluding steroid dienone is 2. The van der Waals surface area contributed by atoms with E-state index in [1.165, 1.54) is 12.1 Å². The second kappa shape index (κ2) is 6.90. The van der Waals surface area contributed by atoms with Crippen molar-refractivity contribution in [1.82, 2.24) is 5.32 Å². The van der Waals surface area contributed by atoms with Crippen molar-refractivity contribution in [3.63, 3.8) is 0 Å². The summed E-state index contributed by atoms with van der Waals surface area (Å²) in [7, 11) is 0. The number of halogens is 1. The van der Waals surface area contributed by atoms with Crippen molar-refractivity contribution >= 4 is 40.3 Å². The van der Waals surface area contributed by atoms with Gasteiger partial charge in [0.05, 0.1) is 4.92 Å². The average Bonchev–Trinajstić information content (AvgIpc) is 3.15. The molecule has 27 heavy (non-hydrogen) atoms. The topological polar surface area (TPSA) is 89.3 Å². The lowest BCUT2D eigenvalue weighted by Crippen LogP contribution is -2.38. The molecular weight excluding hydrogens is 388 g/mol. The van der Waals surface area contributed by atoms with Crippen molar-refractivity contribution < 1.29 is 14.5 Å². The van der Waals surface area contributed by atoms with Crippen LogP contribution in [0.2, 0.25) is 5.02 Å². The summed E-state index contributed by atoms with van der Waals surface area (Å²) in [6, 6.07) is 8.42. The summed E-state index contributed by atoms with van der Waals surface area (Å²) in [5.41, 5.74) is 1.56. The Bertz CT molecular complexity index is 984. The number of carbonyl (C=O) groups excluding carboxylic acids is 2. The van der Waals surface area contributed by atoms with Crippen LogP contribution in [-0.2, 0) is 9.59 Å². The van der Waals surface area contributed by atoms with E-state index < -0.39 is 10.8 Å². The van der Waals surface area contributed by atoms with Crippen LogP contribution in [0.15, 0.2) is 47.0 Å². The molecule has 2 atom stereocenters. The largest absolute Gasteiger partial charge is 0.329 e. The smallest absolute Gasteiger partial charge is 0.288 e. The average molecular weight is 403 g/mol. The molecule has 1 aliphatic heterocycles. The van der Waals surface area contributed by atoms with Gasteiger partial charge in [-0.3, -0.25) is 19.7 Å². The molecule has 1 aliphatic carbocycles. The molecule has 1 N–H and O–H groups in total. The fourth-order valence-corrected chi connectivity index (χ4v) is 4.87. The minimum absolute atomic E-state index is 0.0164. The molecule has 0 radical (unpaired) electrons. The fourth-order valence-electron chi connectivity index (χ4n) is 3.86. The highest BCUT2D eigenvalue weighted by Crippen LogP contribution is 2.44. The van der Waals surface area contributed by atoms with E-state index in [1.807, 2.05) is 17.5 Å². The molecule has 0 saturated heterocycles. The lowest BCUT2D eigenvalue weighted by atomic mass is 9.74. The first-order chi connectivity index (χ1) is 12.9. The third-order valence-electron chi connectivity index (χ3n) is 5.05. The predicted octanol–water partition coefficient (Wildman–Crippen LogP) is 4.31. The minimum Gasteiger partial charge on any atom is -0.329 e. The molecule has 0 saturated carbocycles. The van der Waals surface area contributed by atoms with Crippen LogP contribution in [0, 0.1) is 10.1 Å². The zero-order valence-electron chi connectivity index (χ0n) is 14.1. The number of rotatable bonds is 3. The van der Waals surface area contributed by atoms with Crippen LogP contribution < -0.4 is 5.32 Å². The van der Waals surface area contributed by atoms with Crippen molar-refractivity contribution in [1.29, 1.82) is 0 Å². The molecule has 1 aromatic carbocycles. The summed E-state index contributed by atoms with van der Waals surface area (Å²) in [5.74, 6) is -0.635. The summed E-state index contributed by atoms with van der Waals surface area (Å²) in [6.07, 6.45) is 1.05. The molecular formula is C19H15ClN2O4S. The van der Waals surface area contributed by atoms with E-state index in [2.05, 4.69) is 5.32 Å². The monoisotopic (exact) mass is 402 g/mol. The van der Waals surface area contributed by atoms with Crippen LogP contribution in [0.4, 0.5) is 5.69 Å². The van der Waals surface area contributed by atoms with E-state index in [4.69, 9.17) is 11.6 Å². The second-order valence-electron chi connectivity index (χ2n) is 6.71. The number of carbonyl (C=O) groups is 2. The summed E-state index contributed by atoms with van der Waals surface area (Å²) in [6.45, 7) is 0. The Balaban J connectivity index is 1.75. The van der Waals surface area contributed by atoms with Gasteiger partial charge < -0.3 is 5.32 Å². The quantitative estimate of drug-likeness (QED) is 0.611. The molecule has 2 heterocycles. The molecule has 6 nitrogen and oxygen atoms in total. The van der Waals surface area contributed by atoms with Gasteiger partial charge in [0, 0.05) is 46.9 Å². The number of hydrogen-bond donors (Lipinski definition) is 1. The normalized spacial score (nSPS) is 22.4. The Morgan fingerprint density at radius 1 is 1.19 bits per heavy atom. The number of thiophene rings is 1. The molecule has 2 aliphatic rings. The highest BCUT2D eigenvalue weighted by molar-refractivity contribution is 7.10. The van der Waals surface area contributed by atoms with Gasteiger partial charge in [-0.05, 0) is 29.5 Å². The van der Waals surface area contributed by atoms with Gasteiger partial charge in [-0.2, -0.15) is 0 Å². The van der Waals surface area contributed by atoms with E-state index in [1.54, 1.807) is 17.4 Å². The van der Waals surface area contributed by atoms with Gasteiger partial charge in [0.15, 0.2) is 5.78 Å². The van der Waals surface area contributed by atoms with Crippen LogP contribution in [-0.4, -0.2) is 16.6 Å². The van der Waals surface area contributed by atoms with Crippen LogP contribution in [0.25, 0.3) is 0 Å². The van der Waals surface area contributed by atoms with E-state index in [9.17, 15) is 19.7 Å². The van der Waals surface area contributed by atoms with Gasteiger partial charge >= 0.3 is 0 Å².